The number of hydrogen-bond donors (Lipinski definition) is 1. The first-order valence-electron chi connectivity index (χ1n) is 10.9. The number of Topliss-reactive ketones (excluding diaryl/α,β-unsaturated/α-hetero) is 1. The van der Waals surface area contributed by atoms with Crippen molar-refractivity contribution in [1.82, 2.24) is 4.90 Å². The summed E-state index contributed by atoms with van der Waals surface area (Å²) >= 11 is 6.10. The second-order valence-corrected chi connectivity index (χ2v) is 8.66. The third-order valence-electron chi connectivity index (χ3n) is 6.14. The van der Waals surface area contributed by atoms with Gasteiger partial charge in [0.25, 0.3) is 0 Å². The van der Waals surface area contributed by atoms with Crippen LogP contribution in [0.15, 0.2) is 60.4 Å². The number of nitrogens with zero attached hydrogens (tertiary/aromatic N) is 2. The van der Waals surface area contributed by atoms with Gasteiger partial charge >= 0.3 is 0 Å². The molecule has 0 aromatic heterocycles. The number of phenolic OH excluding ortho intramolecular Hbond substituents is 1. The van der Waals surface area contributed by atoms with Crippen molar-refractivity contribution in [2.75, 3.05) is 31.1 Å². The number of anilines is 1. The van der Waals surface area contributed by atoms with Crippen molar-refractivity contribution >= 4 is 29.1 Å². The molecule has 5 rings (SSSR count). The first-order valence-corrected chi connectivity index (χ1v) is 11.2. The molecule has 0 atom stereocenters. The number of benzene rings is 3. The standard InChI is InChI=1S/C26H21ClF2N2O3/c27-21-2-1-3-22(29)19(21)14-24-25(33)18-8-9-23(32)20(26(18)34-24)15-30-10-12-31(13-11-30)17-6-4-16(28)5-7-17/h1-9,14,32H,10-13,15H2/b24-14-. The fourth-order valence-electron chi connectivity index (χ4n) is 4.27. The molecule has 3 aromatic carbocycles. The minimum absolute atomic E-state index is 0.0256. The number of fused-ring (bicyclic) bond motifs is 1. The van der Waals surface area contributed by atoms with Crippen molar-refractivity contribution in [2.45, 2.75) is 6.54 Å². The van der Waals surface area contributed by atoms with Crippen LogP contribution in [0.25, 0.3) is 6.08 Å². The number of carbonyl (C=O) groups excluding carboxylic acids is 1. The van der Waals surface area contributed by atoms with Gasteiger partial charge in [-0.05, 0) is 54.6 Å². The highest BCUT2D eigenvalue weighted by Crippen LogP contribution is 2.40. The van der Waals surface area contributed by atoms with E-state index >= 15 is 0 Å². The van der Waals surface area contributed by atoms with Crippen molar-refractivity contribution in [1.29, 1.82) is 0 Å². The number of ether oxygens (including phenoxy) is 1. The smallest absolute Gasteiger partial charge is 0.231 e. The van der Waals surface area contributed by atoms with Crippen LogP contribution < -0.4 is 9.64 Å². The topological polar surface area (TPSA) is 53.0 Å². The van der Waals surface area contributed by atoms with Gasteiger partial charge in [-0.1, -0.05) is 17.7 Å². The van der Waals surface area contributed by atoms with E-state index < -0.39 is 11.6 Å². The summed E-state index contributed by atoms with van der Waals surface area (Å²) in [5.74, 6) is -0.959. The lowest BCUT2D eigenvalue weighted by Gasteiger charge is -2.36. The maximum Gasteiger partial charge on any atom is 0.231 e. The molecule has 0 spiro atoms. The van der Waals surface area contributed by atoms with Crippen molar-refractivity contribution < 1.29 is 23.4 Å². The average Bonchev–Trinajstić information content (AvgIpc) is 3.15. The Morgan fingerprint density at radius 1 is 1.00 bits per heavy atom. The van der Waals surface area contributed by atoms with Crippen LogP contribution in [0, 0.1) is 11.6 Å². The van der Waals surface area contributed by atoms with E-state index in [1.54, 1.807) is 12.1 Å². The molecule has 0 unspecified atom stereocenters. The number of ketones is 1. The summed E-state index contributed by atoms with van der Waals surface area (Å²) in [5.41, 5.74) is 1.85. The summed E-state index contributed by atoms with van der Waals surface area (Å²) in [7, 11) is 0. The van der Waals surface area contributed by atoms with Gasteiger partial charge in [0.05, 0.1) is 16.1 Å². The molecule has 2 aliphatic rings. The summed E-state index contributed by atoms with van der Waals surface area (Å²) in [6.45, 7) is 3.27. The van der Waals surface area contributed by atoms with E-state index in [0.717, 1.165) is 18.8 Å². The Morgan fingerprint density at radius 3 is 2.44 bits per heavy atom. The Labute approximate surface area is 200 Å². The normalized spacial score (nSPS) is 17.2. The van der Waals surface area contributed by atoms with Crippen LogP contribution in [0.1, 0.15) is 21.5 Å². The highest BCUT2D eigenvalue weighted by atomic mass is 35.5. The van der Waals surface area contributed by atoms with Gasteiger partial charge in [-0.3, -0.25) is 9.69 Å². The van der Waals surface area contributed by atoms with Gasteiger partial charge in [0.1, 0.15) is 23.1 Å². The van der Waals surface area contributed by atoms with Gasteiger partial charge in [0.2, 0.25) is 5.78 Å². The number of carbonyl (C=O) groups is 1. The predicted octanol–water partition coefficient (Wildman–Crippen LogP) is 5.26. The predicted molar refractivity (Wildman–Crippen MR) is 126 cm³/mol. The van der Waals surface area contributed by atoms with Crippen LogP contribution in [-0.4, -0.2) is 42.0 Å². The number of rotatable bonds is 4. The van der Waals surface area contributed by atoms with Gasteiger partial charge in [-0.25, -0.2) is 8.78 Å². The van der Waals surface area contributed by atoms with E-state index in [4.69, 9.17) is 16.3 Å². The molecule has 1 fully saturated rings. The van der Waals surface area contributed by atoms with Crippen molar-refractivity contribution in [2.24, 2.45) is 0 Å². The largest absolute Gasteiger partial charge is 0.507 e. The zero-order valence-corrected chi connectivity index (χ0v) is 18.9. The minimum atomic E-state index is -0.561. The quantitative estimate of drug-likeness (QED) is 0.514. The summed E-state index contributed by atoms with van der Waals surface area (Å²) in [5, 5.41) is 10.7. The van der Waals surface area contributed by atoms with Gasteiger partial charge in [0, 0.05) is 44.0 Å². The lowest BCUT2D eigenvalue weighted by molar-refractivity contribution is 0.101. The first kappa shape index (κ1) is 22.4. The van der Waals surface area contributed by atoms with E-state index in [9.17, 15) is 18.7 Å². The zero-order chi connectivity index (χ0) is 23.8. The van der Waals surface area contributed by atoms with Crippen molar-refractivity contribution in [3.63, 3.8) is 0 Å². The third kappa shape index (κ3) is 4.24. The van der Waals surface area contributed by atoms with E-state index in [2.05, 4.69) is 9.80 Å². The molecular weight excluding hydrogens is 462 g/mol. The Kier molecular flexibility index (Phi) is 5.98. The molecule has 1 N–H and O–H groups in total. The summed E-state index contributed by atoms with van der Waals surface area (Å²) in [4.78, 5) is 17.2. The minimum Gasteiger partial charge on any atom is -0.507 e. The first-order chi connectivity index (χ1) is 16.4. The van der Waals surface area contributed by atoms with Crippen molar-refractivity contribution in [3.8, 4) is 11.5 Å². The molecule has 0 amide bonds. The Bertz CT molecular complexity index is 1270. The van der Waals surface area contributed by atoms with Crippen LogP contribution in [0.4, 0.5) is 14.5 Å². The van der Waals surface area contributed by atoms with Gasteiger partial charge < -0.3 is 14.7 Å². The molecule has 0 radical (unpaired) electrons. The second-order valence-electron chi connectivity index (χ2n) is 8.25. The molecule has 3 aromatic rings. The Hall–Kier alpha value is -3.42. The molecule has 34 heavy (non-hydrogen) atoms. The molecule has 2 aliphatic heterocycles. The second kappa shape index (κ2) is 9.08. The molecular formula is C26H21ClF2N2O3. The van der Waals surface area contributed by atoms with Gasteiger partial charge in [0.15, 0.2) is 5.76 Å². The Balaban J connectivity index is 1.34. The molecule has 0 aliphatic carbocycles. The molecule has 0 saturated carbocycles. The van der Waals surface area contributed by atoms with Crippen LogP contribution in [0.3, 0.4) is 0 Å². The summed E-state index contributed by atoms with van der Waals surface area (Å²) in [6, 6.07) is 13.7. The maximum atomic E-state index is 14.2. The molecule has 1 saturated heterocycles. The van der Waals surface area contributed by atoms with E-state index in [1.807, 2.05) is 0 Å². The number of piperazine rings is 1. The number of phenols is 1. The zero-order valence-electron chi connectivity index (χ0n) is 18.1. The van der Waals surface area contributed by atoms with Crippen LogP contribution in [0.5, 0.6) is 11.5 Å². The van der Waals surface area contributed by atoms with Crippen LogP contribution in [-0.2, 0) is 6.54 Å². The maximum absolute atomic E-state index is 14.2. The van der Waals surface area contributed by atoms with E-state index in [1.165, 1.54) is 48.5 Å². The fraction of sp³-hybridized carbons (Fsp3) is 0.192. The molecule has 0 bridgehead atoms. The summed E-state index contributed by atoms with van der Waals surface area (Å²) < 4.78 is 33.3. The summed E-state index contributed by atoms with van der Waals surface area (Å²) in [6.07, 6.45) is 1.29. The number of halogens is 3. The lowest BCUT2D eigenvalue weighted by atomic mass is 10.0. The third-order valence-corrected chi connectivity index (χ3v) is 6.47. The number of hydrogen-bond acceptors (Lipinski definition) is 5. The monoisotopic (exact) mass is 482 g/mol. The average molecular weight is 483 g/mol. The lowest BCUT2D eigenvalue weighted by Crippen LogP contribution is -2.46. The molecule has 5 nitrogen and oxygen atoms in total. The fourth-order valence-corrected chi connectivity index (χ4v) is 4.49. The van der Waals surface area contributed by atoms with Crippen LogP contribution in [0.2, 0.25) is 5.02 Å². The molecule has 8 heteroatoms. The molecule has 174 valence electrons. The highest BCUT2D eigenvalue weighted by molar-refractivity contribution is 6.32. The van der Waals surface area contributed by atoms with E-state index in [0.29, 0.717) is 30.8 Å². The Morgan fingerprint density at radius 2 is 1.74 bits per heavy atom. The van der Waals surface area contributed by atoms with Gasteiger partial charge in [-0.2, -0.15) is 0 Å². The SMILES string of the molecule is O=C1/C(=C/c2c(F)cccc2Cl)Oc2c1ccc(O)c2CN1CCN(c2ccc(F)cc2)CC1. The highest BCUT2D eigenvalue weighted by Gasteiger charge is 2.32. The van der Waals surface area contributed by atoms with Crippen LogP contribution >= 0.6 is 11.6 Å². The van der Waals surface area contributed by atoms with E-state index in [-0.39, 0.29) is 33.7 Å². The number of allylic oxidation sites excluding steroid dienone is 1. The van der Waals surface area contributed by atoms with Crippen molar-refractivity contribution in [3.05, 3.63) is 93.7 Å². The molecule has 2 heterocycles. The van der Waals surface area contributed by atoms with Gasteiger partial charge in [-0.15, -0.1) is 0 Å². The number of aromatic hydroxyl groups is 1.